The molecule has 20 heavy (non-hydrogen) atoms. The number of hydrogen-bond acceptors (Lipinski definition) is 5. The Balaban J connectivity index is 1.78. The molecule has 5 nitrogen and oxygen atoms in total. The SMILES string of the molecule is Cc1nnc(CNS(=O)(=O)c2ccc3c(c2)CCC3)s1. The summed E-state index contributed by atoms with van der Waals surface area (Å²) in [6.45, 7) is 2.03. The molecule has 2 aromatic rings. The van der Waals surface area contributed by atoms with Gasteiger partial charge >= 0.3 is 0 Å². The summed E-state index contributed by atoms with van der Waals surface area (Å²) in [6.07, 6.45) is 3.12. The van der Waals surface area contributed by atoms with Crippen molar-refractivity contribution in [3.05, 3.63) is 39.3 Å². The Morgan fingerprint density at radius 3 is 2.80 bits per heavy atom. The largest absolute Gasteiger partial charge is 0.240 e. The number of nitrogens with zero attached hydrogens (tertiary/aromatic N) is 2. The molecule has 0 radical (unpaired) electrons. The van der Waals surface area contributed by atoms with Gasteiger partial charge in [-0.05, 0) is 49.4 Å². The van der Waals surface area contributed by atoms with E-state index in [0.29, 0.717) is 9.90 Å². The summed E-state index contributed by atoms with van der Waals surface area (Å²) in [4.78, 5) is 0.333. The van der Waals surface area contributed by atoms with E-state index in [2.05, 4.69) is 14.9 Å². The van der Waals surface area contributed by atoms with E-state index in [9.17, 15) is 8.42 Å². The minimum absolute atomic E-state index is 0.185. The number of aromatic nitrogens is 2. The van der Waals surface area contributed by atoms with Crippen molar-refractivity contribution in [3.63, 3.8) is 0 Å². The number of fused-ring (bicyclic) bond motifs is 1. The van der Waals surface area contributed by atoms with Gasteiger partial charge in [-0.15, -0.1) is 21.5 Å². The molecule has 1 N–H and O–H groups in total. The quantitative estimate of drug-likeness (QED) is 0.935. The van der Waals surface area contributed by atoms with Crippen LogP contribution in [0.1, 0.15) is 27.6 Å². The fourth-order valence-corrected chi connectivity index (χ4v) is 4.14. The average molecular weight is 309 g/mol. The zero-order chi connectivity index (χ0) is 14.2. The molecule has 1 aliphatic rings. The summed E-state index contributed by atoms with van der Waals surface area (Å²) in [5, 5.41) is 9.29. The van der Waals surface area contributed by atoms with Gasteiger partial charge < -0.3 is 0 Å². The Bertz CT molecular complexity index is 738. The minimum atomic E-state index is -3.48. The Morgan fingerprint density at radius 1 is 1.25 bits per heavy atom. The maximum atomic E-state index is 12.3. The average Bonchev–Trinajstić information content (AvgIpc) is 3.04. The van der Waals surface area contributed by atoms with Crippen molar-refractivity contribution in [3.8, 4) is 0 Å². The van der Waals surface area contributed by atoms with Crippen molar-refractivity contribution in [1.29, 1.82) is 0 Å². The van der Waals surface area contributed by atoms with Crippen molar-refractivity contribution < 1.29 is 8.42 Å². The van der Waals surface area contributed by atoms with Crippen molar-refractivity contribution in [1.82, 2.24) is 14.9 Å². The Hall–Kier alpha value is -1.31. The third-order valence-electron chi connectivity index (χ3n) is 3.36. The van der Waals surface area contributed by atoms with Crippen molar-refractivity contribution in [2.75, 3.05) is 0 Å². The number of rotatable bonds is 4. The smallest absolute Gasteiger partial charge is 0.207 e. The van der Waals surface area contributed by atoms with Gasteiger partial charge in [0, 0.05) is 0 Å². The second-order valence-corrected chi connectivity index (χ2v) is 7.86. The summed E-state index contributed by atoms with van der Waals surface area (Å²) in [5.74, 6) is 0. The van der Waals surface area contributed by atoms with Gasteiger partial charge in [-0.25, -0.2) is 13.1 Å². The molecule has 1 aromatic carbocycles. The van der Waals surface area contributed by atoms with E-state index in [1.54, 1.807) is 12.1 Å². The van der Waals surface area contributed by atoms with Crippen LogP contribution >= 0.6 is 11.3 Å². The van der Waals surface area contributed by atoms with Gasteiger partial charge in [0.2, 0.25) is 10.0 Å². The second-order valence-electron chi connectivity index (χ2n) is 4.82. The van der Waals surface area contributed by atoms with Crippen molar-refractivity contribution >= 4 is 21.4 Å². The molecular weight excluding hydrogens is 294 g/mol. The maximum absolute atomic E-state index is 12.3. The molecule has 0 fully saturated rings. The van der Waals surface area contributed by atoms with Crippen LogP contribution < -0.4 is 4.72 Å². The third kappa shape index (κ3) is 2.74. The zero-order valence-corrected chi connectivity index (χ0v) is 12.7. The molecule has 1 aromatic heterocycles. The highest BCUT2D eigenvalue weighted by Crippen LogP contribution is 2.24. The van der Waals surface area contributed by atoms with Crippen LogP contribution in [-0.4, -0.2) is 18.6 Å². The Morgan fingerprint density at radius 2 is 2.05 bits per heavy atom. The molecule has 3 rings (SSSR count). The normalized spacial score (nSPS) is 14.4. The highest BCUT2D eigenvalue weighted by molar-refractivity contribution is 7.89. The molecule has 0 unspecified atom stereocenters. The van der Waals surface area contributed by atoms with E-state index in [1.165, 1.54) is 16.9 Å². The highest BCUT2D eigenvalue weighted by Gasteiger charge is 2.18. The zero-order valence-electron chi connectivity index (χ0n) is 11.1. The van der Waals surface area contributed by atoms with Gasteiger partial charge in [0.15, 0.2) is 0 Å². The number of benzene rings is 1. The maximum Gasteiger partial charge on any atom is 0.240 e. The first-order chi connectivity index (χ1) is 9.54. The van der Waals surface area contributed by atoms with E-state index < -0.39 is 10.0 Å². The molecule has 0 saturated carbocycles. The standard InChI is InChI=1S/C13H15N3O2S2/c1-9-15-16-13(19-9)8-14-20(17,18)12-6-5-10-3-2-4-11(10)7-12/h5-7,14H,2-4,8H2,1H3. The molecule has 0 spiro atoms. The topological polar surface area (TPSA) is 72.0 Å². The lowest BCUT2D eigenvalue weighted by Crippen LogP contribution is -2.23. The van der Waals surface area contributed by atoms with Gasteiger partial charge in [-0.3, -0.25) is 0 Å². The van der Waals surface area contributed by atoms with Crippen LogP contribution in [0.5, 0.6) is 0 Å². The summed E-state index contributed by atoms with van der Waals surface area (Å²) in [5.41, 5.74) is 2.42. The van der Waals surface area contributed by atoms with E-state index in [0.717, 1.165) is 29.8 Å². The second kappa shape index (κ2) is 5.23. The van der Waals surface area contributed by atoms with Crippen LogP contribution in [0.25, 0.3) is 0 Å². The number of hydrogen-bond donors (Lipinski definition) is 1. The summed E-state index contributed by atoms with van der Waals surface area (Å²) >= 11 is 1.39. The molecule has 0 bridgehead atoms. The van der Waals surface area contributed by atoms with E-state index in [1.807, 2.05) is 13.0 Å². The van der Waals surface area contributed by atoms with Crippen molar-refractivity contribution in [2.24, 2.45) is 0 Å². The predicted octanol–water partition coefficient (Wildman–Crippen LogP) is 1.81. The van der Waals surface area contributed by atoms with Gasteiger partial charge in [0.25, 0.3) is 0 Å². The van der Waals surface area contributed by atoms with Crippen LogP contribution in [0.4, 0.5) is 0 Å². The number of aryl methyl sites for hydroxylation is 3. The predicted molar refractivity (Wildman–Crippen MR) is 77.1 cm³/mol. The lowest BCUT2D eigenvalue weighted by atomic mass is 10.1. The Kier molecular flexibility index (Phi) is 3.57. The third-order valence-corrected chi connectivity index (χ3v) is 5.60. The first kappa shape index (κ1) is 13.7. The van der Waals surface area contributed by atoms with Crippen LogP contribution in [0.2, 0.25) is 0 Å². The molecule has 0 amide bonds. The van der Waals surface area contributed by atoms with Crippen LogP contribution in [0, 0.1) is 6.92 Å². The lowest BCUT2D eigenvalue weighted by Gasteiger charge is -2.07. The molecule has 7 heteroatoms. The Labute approximate surface area is 122 Å². The van der Waals surface area contributed by atoms with Gasteiger partial charge in [-0.2, -0.15) is 0 Å². The number of nitrogens with one attached hydrogen (secondary N) is 1. The van der Waals surface area contributed by atoms with Gasteiger partial charge in [0.1, 0.15) is 10.0 Å². The molecule has 1 aliphatic carbocycles. The summed E-state index contributed by atoms with van der Waals surface area (Å²) < 4.78 is 27.1. The van der Waals surface area contributed by atoms with Crippen LogP contribution in [-0.2, 0) is 29.4 Å². The van der Waals surface area contributed by atoms with Gasteiger partial charge in [0.05, 0.1) is 11.4 Å². The molecule has 106 valence electrons. The lowest BCUT2D eigenvalue weighted by molar-refractivity contribution is 0.580. The van der Waals surface area contributed by atoms with Crippen LogP contribution in [0.15, 0.2) is 23.1 Å². The molecule has 0 aliphatic heterocycles. The van der Waals surface area contributed by atoms with E-state index >= 15 is 0 Å². The summed E-state index contributed by atoms with van der Waals surface area (Å²) in [7, 11) is -3.48. The minimum Gasteiger partial charge on any atom is -0.207 e. The van der Waals surface area contributed by atoms with E-state index in [4.69, 9.17) is 0 Å². The fourth-order valence-electron chi connectivity index (χ4n) is 2.36. The van der Waals surface area contributed by atoms with Gasteiger partial charge in [-0.1, -0.05) is 6.07 Å². The first-order valence-corrected chi connectivity index (χ1v) is 8.75. The molecule has 1 heterocycles. The monoisotopic (exact) mass is 309 g/mol. The molecule has 0 atom stereocenters. The summed E-state index contributed by atoms with van der Waals surface area (Å²) in [6, 6.07) is 5.39. The fraction of sp³-hybridized carbons (Fsp3) is 0.385. The van der Waals surface area contributed by atoms with E-state index in [-0.39, 0.29) is 6.54 Å². The first-order valence-electron chi connectivity index (χ1n) is 6.45. The van der Waals surface area contributed by atoms with Crippen molar-refractivity contribution in [2.45, 2.75) is 37.6 Å². The van der Waals surface area contributed by atoms with Crippen LogP contribution in [0.3, 0.4) is 0 Å². The highest BCUT2D eigenvalue weighted by atomic mass is 32.2. The molecular formula is C13H15N3O2S2. The number of sulfonamides is 1. The molecule has 0 saturated heterocycles.